The number of nitrogens with one attached hydrogen (secondary N) is 3. The van der Waals surface area contributed by atoms with Gasteiger partial charge in [-0.2, -0.15) is 0 Å². The van der Waals surface area contributed by atoms with Crippen LogP contribution in [0.3, 0.4) is 0 Å². The van der Waals surface area contributed by atoms with Gasteiger partial charge in [-0.05, 0) is 54.7 Å². The summed E-state index contributed by atoms with van der Waals surface area (Å²) in [4.78, 5) is 36.2. The summed E-state index contributed by atoms with van der Waals surface area (Å²) >= 11 is 0. The Labute approximate surface area is 171 Å². The number of rotatable bonds is 6. The maximum absolute atomic E-state index is 12.7. The van der Waals surface area contributed by atoms with Gasteiger partial charge in [-0.25, -0.2) is 0 Å². The smallest absolute Gasteiger partial charge is 0.228 e. The van der Waals surface area contributed by atoms with E-state index in [1.807, 2.05) is 25.1 Å². The highest BCUT2D eigenvalue weighted by molar-refractivity contribution is 6.04. The Balaban J connectivity index is 1.59. The standard InChI is InChI=1S/C23H27N3O3/c1-13(2)18-7-5-6-14(3)21(18)26-23(29)20-12-19(20)22(28)25-17-10-8-16(9-11-17)24-15(4)27/h5-11,13,19-20H,12H2,1-4H3,(H,24,27)(H,25,28)(H,26,29). The SMILES string of the molecule is CC(=O)Nc1ccc(NC(=O)C2CC2C(=O)Nc2c(C)cccc2C(C)C)cc1. The Kier molecular flexibility index (Phi) is 6.01. The van der Waals surface area contributed by atoms with Crippen LogP contribution in [0.1, 0.15) is 44.2 Å². The molecule has 0 saturated heterocycles. The molecule has 6 nitrogen and oxygen atoms in total. The maximum Gasteiger partial charge on any atom is 0.228 e. The number of carbonyl (C=O) groups is 3. The van der Waals surface area contributed by atoms with Crippen LogP contribution in [0.2, 0.25) is 0 Å². The molecule has 3 rings (SSSR count). The Morgan fingerprint density at radius 1 is 0.862 bits per heavy atom. The van der Waals surface area contributed by atoms with E-state index in [9.17, 15) is 14.4 Å². The van der Waals surface area contributed by atoms with Gasteiger partial charge in [-0.15, -0.1) is 0 Å². The average molecular weight is 393 g/mol. The highest BCUT2D eigenvalue weighted by Crippen LogP contribution is 2.41. The van der Waals surface area contributed by atoms with Crippen molar-refractivity contribution in [3.05, 3.63) is 53.6 Å². The Bertz CT molecular complexity index is 935. The van der Waals surface area contributed by atoms with Crippen molar-refractivity contribution >= 4 is 34.8 Å². The molecule has 0 heterocycles. The highest BCUT2D eigenvalue weighted by Gasteiger charge is 2.48. The number of para-hydroxylation sites is 1. The predicted molar refractivity (Wildman–Crippen MR) is 115 cm³/mol. The molecule has 2 unspecified atom stereocenters. The van der Waals surface area contributed by atoms with Gasteiger partial charge in [0.05, 0.1) is 11.8 Å². The van der Waals surface area contributed by atoms with Crippen LogP contribution >= 0.6 is 0 Å². The molecule has 1 aliphatic carbocycles. The summed E-state index contributed by atoms with van der Waals surface area (Å²) in [6.07, 6.45) is 0.546. The molecule has 2 atom stereocenters. The van der Waals surface area contributed by atoms with Gasteiger partial charge in [0.1, 0.15) is 0 Å². The maximum atomic E-state index is 12.7. The first kappa shape index (κ1) is 20.6. The lowest BCUT2D eigenvalue weighted by Gasteiger charge is -2.16. The number of benzene rings is 2. The minimum absolute atomic E-state index is 0.109. The van der Waals surface area contributed by atoms with Crippen LogP contribution in [0.5, 0.6) is 0 Å². The van der Waals surface area contributed by atoms with Crippen LogP contribution in [-0.2, 0) is 14.4 Å². The number of hydrogen-bond donors (Lipinski definition) is 3. The molecular formula is C23H27N3O3. The third-order valence-electron chi connectivity index (χ3n) is 5.11. The molecule has 3 amide bonds. The Hall–Kier alpha value is -3.15. The zero-order valence-electron chi connectivity index (χ0n) is 17.2. The lowest BCUT2D eigenvalue weighted by Crippen LogP contribution is -2.21. The Morgan fingerprint density at radius 2 is 1.41 bits per heavy atom. The summed E-state index contributed by atoms with van der Waals surface area (Å²) < 4.78 is 0. The Morgan fingerprint density at radius 3 is 1.97 bits per heavy atom. The van der Waals surface area contributed by atoms with E-state index in [-0.39, 0.29) is 29.6 Å². The van der Waals surface area contributed by atoms with Gasteiger partial charge in [0.15, 0.2) is 0 Å². The van der Waals surface area contributed by atoms with Gasteiger partial charge < -0.3 is 16.0 Å². The van der Waals surface area contributed by atoms with Crippen molar-refractivity contribution in [2.75, 3.05) is 16.0 Å². The van der Waals surface area contributed by atoms with E-state index in [1.165, 1.54) is 6.92 Å². The van der Waals surface area contributed by atoms with Crippen molar-refractivity contribution in [1.29, 1.82) is 0 Å². The molecule has 0 bridgehead atoms. The van der Waals surface area contributed by atoms with E-state index in [0.717, 1.165) is 16.8 Å². The van der Waals surface area contributed by atoms with Crippen LogP contribution in [0.4, 0.5) is 17.1 Å². The van der Waals surface area contributed by atoms with E-state index in [4.69, 9.17) is 0 Å². The molecule has 0 aromatic heterocycles. The van der Waals surface area contributed by atoms with Crippen molar-refractivity contribution in [3.63, 3.8) is 0 Å². The summed E-state index contributed by atoms with van der Waals surface area (Å²) in [7, 11) is 0. The number of carbonyl (C=O) groups excluding carboxylic acids is 3. The largest absolute Gasteiger partial charge is 0.326 e. The van der Waals surface area contributed by atoms with Gasteiger partial charge in [-0.1, -0.05) is 32.0 Å². The molecule has 1 aliphatic rings. The van der Waals surface area contributed by atoms with Crippen molar-refractivity contribution in [1.82, 2.24) is 0 Å². The number of hydrogen-bond acceptors (Lipinski definition) is 3. The molecule has 2 aromatic carbocycles. The average Bonchev–Trinajstić information content (AvgIpc) is 3.45. The van der Waals surface area contributed by atoms with Gasteiger partial charge in [0, 0.05) is 24.0 Å². The van der Waals surface area contributed by atoms with E-state index in [0.29, 0.717) is 23.7 Å². The van der Waals surface area contributed by atoms with Crippen LogP contribution in [-0.4, -0.2) is 17.7 Å². The molecule has 0 radical (unpaired) electrons. The van der Waals surface area contributed by atoms with Crippen molar-refractivity contribution in [2.45, 2.75) is 40.0 Å². The van der Waals surface area contributed by atoms with Crippen molar-refractivity contribution < 1.29 is 14.4 Å². The summed E-state index contributed by atoms with van der Waals surface area (Å²) in [5, 5.41) is 8.56. The predicted octanol–water partition coefficient (Wildman–Crippen LogP) is 4.29. The zero-order chi connectivity index (χ0) is 21.1. The monoisotopic (exact) mass is 393 g/mol. The molecular weight excluding hydrogens is 366 g/mol. The van der Waals surface area contributed by atoms with Crippen LogP contribution in [0.25, 0.3) is 0 Å². The second kappa shape index (κ2) is 8.47. The number of aryl methyl sites for hydroxylation is 1. The number of amides is 3. The minimum atomic E-state index is -0.323. The van der Waals surface area contributed by atoms with Crippen molar-refractivity contribution in [3.8, 4) is 0 Å². The summed E-state index contributed by atoms with van der Waals surface area (Å²) in [6.45, 7) is 7.60. The van der Waals surface area contributed by atoms with Gasteiger partial charge >= 0.3 is 0 Å². The molecule has 0 aliphatic heterocycles. The topological polar surface area (TPSA) is 87.3 Å². The lowest BCUT2D eigenvalue weighted by molar-refractivity contribution is -0.122. The third kappa shape index (κ3) is 5.02. The van der Waals surface area contributed by atoms with Crippen LogP contribution in [0, 0.1) is 18.8 Å². The normalized spacial score (nSPS) is 17.6. The second-order valence-electron chi connectivity index (χ2n) is 7.88. The highest BCUT2D eigenvalue weighted by atomic mass is 16.2. The fraction of sp³-hybridized carbons (Fsp3) is 0.348. The van der Waals surface area contributed by atoms with Crippen LogP contribution in [0.15, 0.2) is 42.5 Å². The zero-order valence-corrected chi connectivity index (χ0v) is 17.2. The van der Waals surface area contributed by atoms with E-state index >= 15 is 0 Å². The van der Waals surface area contributed by atoms with Gasteiger partial charge in [0.25, 0.3) is 0 Å². The fourth-order valence-electron chi connectivity index (χ4n) is 3.41. The molecule has 152 valence electrons. The van der Waals surface area contributed by atoms with Crippen LogP contribution < -0.4 is 16.0 Å². The molecule has 3 N–H and O–H groups in total. The van der Waals surface area contributed by atoms with E-state index < -0.39 is 0 Å². The molecule has 6 heteroatoms. The van der Waals surface area contributed by atoms with E-state index in [2.05, 4.69) is 29.8 Å². The van der Waals surface area contributed by atoms with Crippen molar-refractivity contribution in [2.24, 2.45) is 11.8 Å². The first-order valence-electron chi connectivity index (χ1n) is 9.85. The molecule has 29 heavy (non-hydrogen) atoms. The molecule has 2 aromatic rings. The first-order chi connectivity index (χ1) is 13.8. The fourth-order valence-corrected chi connectivity index (χ4v) is 3.41. The van der Waals surface area contributed by atoms with Gasteiger partial charge in [-0.3, -0.25) is 14.4 Å². The molecule has 1 fully saturated rings. The molecule has 0 spiro atoms. The summed E-state index contributed by atoms with van der Waals surface area (Å²) in [5.41, 5.74) is 4.27. The third-order valence-corrected chi connectivity index (χ3v) is 5.11. The lowest BCUT2D eigenvalue weighted by atomic mass is 9.98. The van der Waals surface area contributed by atoms with Gasteiger partial charge in [0.2, 0.25) is 17.7 Å². The summed E-state index contributed by atoms with van der Waals surface area (Å²) in [5.74, 6) is -0.759. The minimum Gasteiger partial charge on any atom is -0.326 e. The number of anilines is 3. The van der Waals surface area contributed by atoms with E-state index in [1.54, 1.807) is 24.3 Å². The second-order valence-corrected chi connectivity index (χ2v) is 7.88. The first-order valence-corrected chi connectivity index (χ1v) is 9.85. The molecule has 1 saturated carbocycles. The summed E-state index contributed by atoms with van der Waals surface area (Å²) in [6, 6.07) is 12.9. The quantitative estimate of drug-likeness (QED) is 0.684.